The number of aliphatic hydroxyl groups is 2. The largest absolute Gasteiger partial charge is 0.466 e. The number of hydrogen-bond donors (Lipinski definition) is 3. The van der Waals surface area contributed by atoms with Gasteiger partial charge in [0.15, 0.2) is 0 Å². The summed E-state index contributed by atoms with van der Waals surface area (Å²) >= 11 is 0. The number of hydrogen-bond acceptors (Lipinski definition) is 5. The molecule has 6 nitrogen and oxygen atoms in total. The molecule has 0 heterocycles. The third-order valence-corrected chi connectivity index (χ3v) is 15.1. The molecule has 0 aromatic carbocycles. The second-order valence-corrected chi connectivity index (χ2v) is 22.4. The minimum absolute atomic E-state index is 0.000111. The standard InChI is InChI=1S/C68H127NO5/c1-3-5-7-9-11-13-15-17-19-33-36-40-44-48-52-56-60-66(71)65(64-70)69-67(72)61-57-53-49-45-41-37-34-31-29-27-25-23-21-20-22-24-26-28-30-32-35-39-43-47-51-55-59-63-74-68(73)62-58-54-50-46-42-38-18-16-14-12-10-8-6-4-2/h10,12,16,18,20-21,56,60,65-66,70-71H,3-9,11,13-15,17,19,22-55,57-59,61-64H2,1-2H3,(H,69,72)/b12-10-,18-16-,21-20-,60-56+. The van der Waals surface area contributed by atoms with Gasteiger partial charge >= 0.3 is 5.97 Å². The van der Waals surface area contributed by atoms with Crippen molar-refractivity contribution in [2.24, 2.45) is 0 Å². The number of aliphatic hydroxyl groups excluding tert-OH is 2. The van der Waals surface area contributed by atoms with Crippen LogP contribution in [0.25, 0.3) is 0 Å². The summed E-state index contributed by atoms with van der Waals surface area (Å²) in [7, 11) is 0. The molecule has 0 aromatic rings. The van der Waals surface area contributed by atoms with Crippen LogP contribution in [0, 0.1) is 0 Å². The third-order valence-electron chi connectivity index (χ3n) is 15.1. The lowest BCUT2D eigenvalue weighted by atomic mass is 10.0. The Bertz CT molecular complexity index is 1240. The van der Waals surface area contributed by atoms with Crippen LogP contribution in [-0.2, 0) is 14.3 Å². The Balaban J connectivity index is 3.41. The van der Waals surface area contributed by atoms with Gasteiger partial charge in [-0.25, -0.2) is 0 Å². The first-order valence-electron chi connectivity index (χ1n) is 32.9. The molecule has 0 rings (SSSR count). The van der Waals surface area contributed by atoms with Crippen LogP contribution in [0.15, 0.2) is 48.6 Å². The van der Waals surface area contributed by atoms with Gasteiger partial charge in [0.2, 0.25) is 5.91 Å². The first-order valence-corrected chi connectivity index (χ1v) is 32.9. The molecule has 2 unspecified atom stereocenters. The number of nitrogens with one attached hydrogen (secondary N) is 1. The van der Waals surface area contributed by atoms with Crippen molar-refractivity contribution >= 4 is 11.9 Å². The molecule has 0 aliphatic carbocycles. The van der Waals surface area contributed by atoms with E-state index in [2.05, 4.69) is 55.6 Å². The Hall–Kier alpha value is -2.18. The Morgan fingerprint density at radius 1 is 0.378 bits per heavy atom. The van der Waals surface area contributed by atoms with Crippen molar-refractivity contribution in [2.45, 2.75) is 360 Å². The highest BCUT2D eigenvalue weighted by Gasteiger charge is 2.18. The van der Waals surface area contributed by atoms with Crippen molar-refractivity contribution in [1.82, 2.24) is 5.32 Å². The lowest BCUT2D eigenvalue weighted by Crippen LogP contribution is -2.45. The molecule has 0 saturated heterocycles. The van der Waals surface area contributed by atoms with Gasteiger partial charge in [-0.3, -0.25) is 9.59 Å². The minimum atomic E-state index is -0.846. The summed E-state index contributed by atoms with van der Waals surface area (Å²) < 4.78 is 5.48. The summed E-state index contributed by atoms with van der Waals surface area (Å²) in [5, 5.41) is 23.2. The highest BCUT2D eigenvalue weighted by Crippen LogP contribution is 2.17. The van der Waals surface area contributed by atoms with E-state index >= 15 is 0 Å². The molecule has 74 heavy (non-hydrogen) atoms. The van der Waals surface area contributed by atoms with E-state index in [0.29, 0.717) is 19.4 Å². The predicted octanol–water partition coefficient (Wildman–Crippen LogP) is 20.9. The summed E-state index contributed by atoms with van der Waals surface area (Å²) in [6.07, 6.45) is 81.7. The summed E-state index contributed by atoms with van der Waals surface area (Å²) in [6.45, 7) is 4.87. The lowest BCUT2D eigenvalue weighted by Gasteiger charge is -2.20. The zero-order valence-corrected chi connectivity index (χ0v) is 49.6. The third kappa shape index (κ3) is 59.1. The number of rotatable bonds is 61. The molecule has 434 valence electrons. The first-order chi connectivity index (χ1) is 36.5. The van der Waals surface area contributed by atoms with Gasteiger partial charge in [0.25, 0.3) is 0 Å². The lowest BCUT2D eigenvalue weighted by molar-refractivity contribution is -0.143. The molecule has 3 N–H and O–H groups in total. The summed E-state index contributed by atoms with van der Waals surface area (Å²) in [5.74, 6) is -0.0676. The van der Waals surface area contributed by atoms with Gasteiger partial charge < -0.3 is 20.3 Å². The topological polar surface area (TPSA) is 95.9 Å². The average Bonchev–Trinajstić information content (AvgIpc) is 3.40. The van der Waals surface area contributed by atoms with Crippen molar-refractivity contribution in [1.29, 1.82) is 0 Å². The van der Waals surface area contributed by atoms with Gasteiger partial charge in [-0.05, 0) is 83.5 Å². The van der Waals surface area contributed by atoms with Crippen LogP contribution in [0.3, 0.4) is 0 Å². The number of ether oxygens (including phenoxy) is 1. The fourth-order valence-corrected chi connectivity index (χ4v) is 10.00. The van der Waals surface area contributed by atoms with E-state index in [0.717, 1.165) is 51.4 Å². The van der Waals surface area contributed by atoms with E-state index in [1.165, 1.54) is 270 Å². The fourth-order valence-electron chi connectivity index (χ4n) is 10.00. The molecule has 0 spiro atoms. The van der Waals surface area contributed by atoms with Crippen molar-refractivity contribution < 1.29 is 24.5 Å². The van der Waals surface area contributed by atoms with Gasteiger partial charge in [0.1, 0.15) is 0 Å². The predicted molar refractivity (Wildman–Crippen MR) is 324 cm³/mol. The fraction of sp³-hybridized carbons (Fsp3) is 0.853. The Morgan fingerprint density at radius 3 is 1.08 bits per heavy atom. The van der Waals surface area contributed by atoms with Crippen molar-refractivity contribution in [3.05, 3.63) is 48.6 Å². The smallest absolute Gasteiger partial charge is 0.305 e. The molecule has 0 aromatic heterocycles. The van der Waals surface area contributed by atoms with E-state index in [1.54, 1.807) is 6.08 Å². The monoisotopic (exact) mass is 1040 g/mol. The van der Waals surface area contributed by atoms with Gasteiger partial charge in [-0.2, -0.15) is 0 Å². The van der Waals surface area contributed by atoms with Crippen molar-refractivity contribution in [2.75, 3.05) is 13.2 Å². The van der Waals surface area contributed by atoms with Crippen LogP contribution in [0.4, 0.5) is 0 Å². The number of amides is 1. The number of esters is 1. The molecule has 1 amide bonds. The van der Waals surface area contributed by atoms with E-state index in [9.17, 15) is 19.8 Å². The summed E-state index contributed by atoms with van der Waals surface area (Å²) in [6, 6.07) is -0.629. The summed E-state index contributed by atoms with van der Waals surface area (Å²) in [4.78, 5) is 24.5. The van der Waals surface area contributed by atoms with Gasteiger partial charge in [-0.1, -0.05) is 300 Å². The summed E-state index contributed by atoms with van der Waals surface area (Å²) in [5.41, 5.74) is 0. The van der Waals surface area contributed by atoms with Gasteiger partial charge in [-0.15, -0.1) is 0 Å². The number of allylic oxidation sites excluding steroid dienone is 7. The molecule has 0 bridgehead atoms. The van der Waals surface area contributed by atoms with E-state index in [1.807, 2.05) is 6.08 Å². The van der Waals surface area contributed by atoms with Gasteiger partial charge in [0.05, 0.1) is 25.4 Å². The highest BCUT2D eigenvalue weighted by atomic mass is 16.5. The highest BCUT2D eigenvalue weighted by molar-refractivity contribution is 5.76. The van der Waals surface area contributed by atoms with Crippen molar-refractivity contribution in [3.63, 3.8) is 0 Å². The molecule has 0 saturated carbocycles. The molecular weight excluding hydrogens is 911 g/mol. The molecule has 0 radical (unpaired) electrons. The second-order valence-electron chi connectivity index (χ2n) is 22.4. The SMILES string of the molecule is CCCC/C=C\C/C=C\CCCCCCCC(=O)OCCCCCCCCCCCCCC/C=C\CCCCCCCCCCCCCC(=O)NC(CO)C(O)/C=C/CCCCCCCCCCCCCCCC. The molecule has 0 fully saturated rings. The second kappa shape index (κ2) is 63.4. The van der Waals surface area contributed by atoms with Crippen molar-refractivity contribution in [3.8, 4) is 0 Å². The molecule has 0 aliphatic rings. The molecule has 0 aliphatic heterocycles. The van der Waals surface area contributed by atoms with Crippen LogP contribution >= 0.6 is 0 Å². The van der Waals surface area contributed by atoms with Crippen LogP contribution < -0.4 is 5.32 Å². The van der Waals surface area contributed by atoms with Crippen LogP contribution in [0.5, 0.6) is 0 Å². The maximum absolute atomic E-state index is 12.5. The van der Waals surface area contributed by atoms with Crippen LogP contribution in [-0.4, -0.2) is 47.4 Å². The van der Waals surface area contributed by atoms with E-state index < -0.39 is 12.1 Å². The molecule has 2 atom stereocenters. The maximum atomic E-state index is 12.5. The molecular formula is C68H127NO5. The van der Waals surface area contributed by atoms with Crippen LogP contribution in [0.2, 0.25) is 0 Å². The van der Waals surface area contributed by atoms with E-state index in [-0.39, 0.29) is 18.5 Å². The maximum Gasteiger partial charge on any atom is 0.305 e. The number of unbranched alkanes of at least 4 members (excludes halogenated alkanes) is 44. The number of carbonyl (C=O) groups is 2. The normalized spacial score (nSPS) is 12.9. The van der Waals surface area contributed by atoms with Gasteiger partial charge in [0, 0.05) is 12.8 Å². The average molecular weight is 1040 g/mol. The zero-order chi connectivity index (χ0) is 53.6. The Morgan fingerprint density at radius 2 is 0.689 bits per heavy atom. The Kier molecular flexibility index (Phi) is 61.5. The Labute approximate surface area is 461 Å². The zero-order valence-electron chi connectivity index (χ0n) is 49.6. The first kappa shape index (κ1) is 71.8. The van der Waals surface area contributed by atoms with Crippen LogP contribution in [0.1, 0.15) is 348 Å². The van der Waals surface area contributed by atoms with E-state index in [4.69, 9.17) is 4.74 Å². The quantitative estimate of drug-likeness (QED) is 0.0320. The minimum Gasteiger partial charge on any atom is -0.466 e. The molecule has 6 heteroatoms. The number of carbonyl (C=O) groups excluding carboxylic acids is 2.